The van der Waals surface area contributed by atoms with Gasteiger partial charge in [0.2, 0.25) is 5.88 Å². The van der Waals surface area contributed by atoms with Crippen molar-refractivity contribution in [3.8, 4) is 23.1 Å². The van der Waals surface area contributed by atoms with Crippen molar-refractivity contribution in [1.29, 1.82) is 0 Å². The number of ether oxygens (including phenoxy) is 1. The molecule has 0 aliphatic carbocycles. The fourth-order valence-electron chi connectivity index (χ4n) is 2.52. The Labute approximate surface area is 155 Å². The zero-order chi connectivity index (χ0) is 18.5. The smallest absolute Gasteiger partial charge is 0.272 e. The van der Waals surface area contributed by atoms with Crippen molar-refractivity contribution in [2.75, 3.05) is 0 Å². The number of nitrogens with zero attached hydrogens (tertiary/aromatic N) is 2. The summed E-state index contributed by atoms with van der Waals surface area (Å²) < 4.78 is 11.0. The van der Waals surface area contributed by atoms with E-state index in [1.807, 2.05) is 36.4 Å². The number of pyridine rings is 1. The molecule has 1 amide bonds. The van der Waals surface area contributed by atoms with Gasteiger partial charge in [-0.1, -0.05) is 18.2 Å². The topological polar surface area (TPSA) is 93.0 Å². The summed E-state index contributed by atoms with van der Waals surface area (Å²) in [5.41, 5.74) is 1.84. The number of carbonyl (C=O) groups excluding carboxylic acids is 1. The van der Waals surface area contributed by atoms with Gasteiger partial charge in [-0.2, -0.15) is 5.10 Å². The van der Waals surface area contributed by atoms with E-state index in [9.17, 15) is 4.79 Å². The second kappa shape index (κ2) is 7.57. The number of carbonyl (C=O) groups is 1. The van der Waals surface area contributed by atoms with Crippen LogP contribution in [-0.4, -0.2) is 21.1 Å². The summed E-state index contributed by atoms with van der Waals surface area (Å²) in [4.78, 5) is 16.4. The third-order valence-electron chi connectivity index (χ3n) is 3.81. The van der Waals surface area contributed by atoms with Crippen LogP contribution in [0.25, 0.3) is 11.5 Å². The van der Waals surface area contributed by atoms with Gasteiger partial charge in [-0.25, -0.2) is 4.98 Å². The Morgan fingerprint density at radius 3 is 2.89 bits per heavy atom. The third kappa shape index (κ3) is 4.04. The second-order valence-corrected chi connectivity index (χ2v) is 5.74. The molecule has 0 aliphatic heterocycles. The number of nitrogens with one attached hydrogen (secondary N) is 2. The normalized spacial score (nSPS) is 10.5. The van der Waals surface area contributed by atoms with E-state index in [4.69, 9.17) is 9.15 Å². The zero-order valence-electron chi connectivity index (χ0n) is 14.3. The lowest BCUT2D eigenvalue weighted by atomic mass is 10.2. The molecule has 4 rings (SSSR count). The Morgan fingerprint density at radius 1 is 1.11 bits per heavy atom. The van der Waals surface area contributed by atoms with E-state index in [-0.39, 0.29) is 5.91 Å². The number of benzene rings is 1. The van der Waals surface area contributed by atoms with Gasteiger partial charge in [0, 0.05) is 24.9 Å². The highest BCUT2D eigenvalue weighted by atomic mass is 16.5. The number of amides is 1. The molecule has 0 spiro atoms. The van der Waals surface area contributed by atoms with Crippen molar-refractivity contribution >= 4 is 5.91 Å². The number of hydrogen-bond acceptors (Lipinski definition) is 5. The van der Waals surface area contributed by atoms with Gasteiger partial charge in [0.1, 0.15) is 11.4 Å². The summed E-state index contributed by atoms with van der Waals surface area (Å²) in [6, 6.07) is 18.1. The zero-order valence-corrected chi connectivity index (χ0v) is 14.3. The largest absolute Gasteiger partial charge is 0.463 e. The average Bonchev–Trinajstić information content (AvgIpc) is 3.39. The molecule has 0 atom stereocenters. The van der Waals surface area contributed by atoms with Gasteiger partial charge in [0.25, 0.3) is 5.91 Å². The Balaban J connectivity index is 1.38. The van der Waals surface area contributed by atoms with Gasteiger partial charge in [-0.3, -0.25) is 9.89 Å². The highest BCUT2D eigenvalue weighted by Crippen LogP contribution is 2.20. The molecule has 2 N–H and O–H groups in total. The van der Waals surface area contributed by atoms with Crippen LogP contribution in [0.5, 0.6) is 11.6 Å². The van der Waals surface area contributed by atoms with E-state index >= 15 is 0 Å². The van der Waals surface area contributed by atoms with Gasteiger partial charge in [-0.05, 0) is 35.9 Å². The van der Waals surface area contributed by atoms with Crippen LogP contribution in [0, 0.1) is 0 Å². The Hall–Kier alpha value is -3.87. The average molecular weight is 360 g/mol. The van der Waals surface area contributed by atoms with Crippen LogP contribution in [0.1, 0.15) is 16.1 Å². The number of hydrogen-bond donors (Lipinski definition) is 2. The summed E-state index contributed by atoms with van der Waals surface area (Å²) in [5, 5.41) is 9.66. The summed E-state index contributed by atoms with van der Waals surface area (Å²) >= 11 is 0. The molecule has 0 unspecified atom stereocenters. The van der Waals surface area contributed by atoms with Crippen molar-refractivity contribution in [3.63, 3.8) is 0 Å². The fourth-order valence-corrected chi connectivity index (χ4v) is 2.52. The van der Waals surface area contributed by atoms with Crippen LogP contribution >= 0.6 is 0 Å². The fraction of sp³-hybridized carbons (Fsp3) is 0.0500. The summed E-state index contributed by atoms with van der Waals surface area (Å²) in [7, 11) is 0. The Bertz CT molecular complexity index is 1030. The molecule has 1 aromatic carbocycles. The van der Waals surface area contributed by atoms with Crippen LogP contribution in [0.4, 0.5) is 0 Å². The minimum absolute atomic E-state index is 0.278. The highest BCUT2D eigenvalue weighted by Gasteiger charge is 2.12. The standard InChI is InChI=1S/C20H16N4O3/c25-20(17-12-16(23-24-17)18-7-4-10-26-18)22-13-14-5-3-6-15(11-14)27-19-8-1-2-9-21-19/h1-12H,13H2,(H,22,25)(H,23,24). The Kier molecular flexibility index (Phi) is 4.65. The number of H-pyrrole nitrogens is 1. The predicted molar refractivity (Wildman–Crippen MR) is 98.2 cm³/mol. The lowest BCUT2D eigenvalue weighted by Crippen LogP contribution is -2.23. The van der Waals surface area contributed by atoms with Crippen LogP contribution in [0.15, 0.2) is 77.5 Å². The van der Waals surface area contributed by atoms with Crippen LogP contribution < -0.4 is 10.1 Å². The minimum Gasteiger partial charge on any atom is -0.463 e. The maximum Gasteiger partial charge on any atom is 0.272 e. The summed E-state index contributed by atoms with van der Waals surface area (Å²) in [5.74, 6) is 1.52. The van der Waals surface area contributed by atoms with Gasteiger partial charge in [0.15, 0.2) is 11.5 Å². The van der Waals surface area contributed by atoms with Crippen molar-refractivity contribution in [3.05, 3.63) is 84.4 Å². The SMILES string of the molecule is O=C(NCc1cccc(Oc2ccccn2)c1)c1cc(-c2ccco2)[nH]n1. The predicted octanol–water partition coefficient (Wildman–Crippen LogP) is 3.79. The molecule has 7 heteroatoms. The molecule has 0 radical (unpaired) electrons. The molecule has 0 saturated heterocycles. The van der Waals surface area contributed by atoms with Gasteiger partial charge < -0.3 is 14.5 Å². The van der Waals surface area contributed by atoms with E-state index in [1.165, 1.54) is 0 Å². The van der Waals surface area contributed by atoms with Crippen molar-refractivity contribution in [2.24, 2.45) is 0 Å². The number of aromatic amines is 1. The molecule has 4 aromatic rings. The van der Waals surface area contributed by atoms with E-state index in [0.29, 0.717) is 35.3 Å². The quantitative estimate of drug-likeness (QED) is 0.546. The molecule has 3 heterocycles. The molecular formula is C20H16N4O3. The number of rotatable bonds is 6. The molecule has 134 valence electrons. The first kappa shape index (κ1) is 16.6. The van der Waals surface area contributed by atoms with E-state index in [2.05, 4.69) is 20.5 Å². The van der Waals surface area contributed by atoms with Gasteiger partial charge >= 0.3 is 0 Å². The van der Waals surface area contributed by atoms with Gasteiger partial charge in [-0.15, -0.1) is 0 Å². The summed E-state index contributed by atoms with van der Waals surface area (Å²) in [6.07, 6.45) is 3.23. The first-order chi connectivity index (χ1) is 13.3. The molecule has 27 heavy (non-hydrogen) atoms. The van der Waals surface area contributed by atoms with E-state index in [1.54, 1.807) is 36.7 Å². The summed E-state index contributed by atoms with van der Waals surface area (Å²) in [6.45, 7) is 0.348. The van der Waals surface area contributed by atoms with Crippen molar-refractivity contribution in [2.45, 2.75) is 6.54 Å². The minimum atomic E-state index is -0.278. The molecule has 0 aliphatic rings. The lowest BCUT2D eigenvalue weighted by Gasteiger charge is -2.07. The second-order valence-electron chi connectivity index (χ2n) is 5.74. The molecule has 0 saturated carbocycles. The number of aromatic nitrogens is 3. The molecular weight excluding hydrogens is 344 g/mol. The maximum absolute atomic E-state index is 12.3. The number of furan rings is 1. The van der Waals surface area contributed by atoms with E-state index in [0.717, 1.165) is 5.56 Å². The van der Waals surface area contributed by atoms with Crippen LogP contribution in [0.3, 0.4) is 0 Å². The van der Waals surface area contributed by atoms with Crippen LogP contribution in [-0.2, 0) is 6.54 Å². The van der Waals surface area contributed by atoms with Crippen LogP contribution in [0.2, 0.25) is 0 Å². The van der Waals surface area contributed by atoms with Crippen molar-refractivity contribution in [1.82, 2.24) is 20.5 Å². The molecule has 7 nitrogen and oxygen atoms in total. The van der Waals surface area contributed by atoms with Gasteiger partial charge in [0.05, 0.1) is 6.26 Å². The van der Waals surface area contributed by atoms with E-state index < -0.39 is 0 Å². The molecule has 0 bridgehead atoms. The highest BCUT2D eigenvalue weighted by molar-refractivity contribution is 5.93. The maximum atomic E-state index is 12.3. The van der Waals surface area contributed by atoms with Crippen molar-refractivity contribution < 1.29 is 13.9 Å². The molecule has 0 fully saturated rings. The lowest BCUT2D eigenvalue weighted by molar-refractivity contribution is 0.0946. The third-order valence-corrected chi connectivity index (χ3v) is 3.81. The molecule has 3 aromatic heterocycles. The monoisotopic (exact) mass is 360 g/mol. The first-order valence-electron chi connectivity index (χ1n) is 8.33. The Morgan fingerprint density at radius 2 is 2.07 bits per heavy atom. The first-order valence-corrected chi connectivity index (χ1v) is 8.33.